The lowest BCUT2D eigenvalue weighted by atomic mass is 10.2. The van der Waals surface area contributed by atoms with Gasteiger partial charge in [0.05, 0.1) is 0 Å². The predicted octanol–water partition coefficient (Wildman–Crippen LogP) is 3.13. The number of nitrogen functional groups attached to an aromatic ring is 1. The molecule has 1 heterocycles. The van der Waals surface area contributed by atoms with Gasteiger partial charge in [-0.1, -0.05) is 30.0 Å². The zero-order valence-corrected chi connectivity index (χ0v) is 11.2. The lowest BCUT2D eigenvalue weighted by Crippen LogP contribution is -2.11. The minimum atomic E-state index is 0.0760. The van der Waals surface area contributed by atoms with Gasteiger partial charge in [-0.15, -0.1) is 0 Å². The summed E-state index contributed by atoms with van der Waals surface area (Å²) in [5.74, 6) is 0.0760. The van der Waals surface area contributed by atoms with Gasteiger partial charge in [0.15, 0.2) is 0 Å². The Kier molecular flexibility index (Phi) is 3.67. The van der Waals surface area contributed by atoms with Crippen LogP contribution >= 0.6 is 11.8 Å². The predicted molar refractivity (Wildman–Crippen MR) is 75.3 cm³/mol. The van der Waals surface area contributed by atoms with Gasteiger partial charge in [-0.25, -0.2) is 4.98 Å². The number of aromatic nitrogens is 1. The second-order valence-electron chi connectivity index (χ2n) is 4.12. The second kappa shape index (κ2) is 5.23. The summed E-state index contributed by atoms with van der Waals surface area (Å²) < 4.78 is 0. The second-order valence-corrected chi connectivity index (χ2v) is 5.18. The van der Waals surface area contributed by atoms with Crippen molar-refractivity contribution >= 4 is 17.6 Å². The highest BCUT2D eigenvalue weighted by molar-refractivity contribution is 7.99. The summed E-state index contributed by atoms with van der Waals surface area (Å²) in [7, 11) is 0. The number of nitrogens with one attached hydrogen (secondary N) is 1. The topological polar surface area (TPSA) is 62.8 Å². The third kappa shape index (κ3) is 2.90. The van der Waals surface area contributed by atoms with E-state index in [0.717, 1.165) is 16.3 Å². The first-order chi connectivity index (χ1) is 8.56. The van der Waals surface area contributed by atoms with Crippen molar-refractivity contribution in [3.8, 4) is 0 Å². The van der Waals surface area contributed by atoms with Gasteiger partial charge in [0.1, 0.15) is 10.9 Å². The number of hydrogen-bond donors (Lipinski definition) is 2. The monoisotopic (exact) mass is 257 g/mol. The van der Waals surface area contributed by atoms with Crippen LogP contribution in [0.15, 0.2) is 46.3 Å². The Bertz CT molecular complexity index is 593. The molecule has 0 saturated carbocycles. The van der Waals surface area contributed by atoms with Crippen molar-refractivity contribution in [2.75, 3.05) is 0 Å². The van der Waals surface area contributed by atoms with Gasteiger partial charge in [0.25, 0.3) is 0 Å². The number of nitrogens with two attached hydrogens (primary N) is 1. The average molecular weight is 257 g/mol. The van der Waals surface area contributed by atoms with Crippen molar-refractivity contribution in [3.05, 3.63) is 53.2 Å². The quantitative estimate of drug-likeness (QED) is 0.656. The normalized spacial score (nSPS) is 10.3. The van der Waals surface area contributed by atoms with Crippen molar-refractivity contribution in [1.29, 1.82) is 5.41 Å². The molecule has 0 spiro atoms. The van der Waals surface area contributed by atoms with Crippen LogP contribution in [0.25, 0.3) is 0 Å². The molecule has 4 heteroatoms. The molecule has 3 nitrogen and oxygen atoms in total. The molecule has 2 rings (SSSR count). The van der Waals surface area contributed by atoms with Crippen molar-refractivity contribution in [1.82, 2.24) is 4.98 Å². The van der Waals surface area contributed by atoms with Crippen LogP contribution in [0.2, 0.25) is 0 Å². The molecule has 0 aliphatic heterocycles. The fourth-order valence-electron chi connectivity index (χ4n) is 1.63. The summed E-state index contributed by atoms with van der Waals surface area (Å²) in [6.45, 7) is 3.98. The van der Waals surface area contributed by atoms with E-state index in [4.69, 9.17) is 11.1 Å². The molecule has 0 radical (unpaired) electrons. The Labute approximate surface area is 111 Å². The van der Waals surface area contributed by atoms with Gasteiger partial charge < -0.3 is 5.73 Å². The molecule has 1 aromatic heterocycles. The Morgan fingerprint density at radius 2 is 1.94 bits per heavy atom. The van der Waals surface area contributed by atoms with Gasteiger partial charge in [0, 0.05) is 16.2 Å². The summed E-state index contributed by atoms with van der Waals surface area (Å²) in [5, 5.41) is 8.36. The summed E-state index contributed by atoms with van der Waals surface area (Å²) in [4.78, 5) is 5.63. The summed E-state index contributed by atoms with van der Waals surface area (Å²) in [5.41, 5.74) is 8.33. The molecule has 0 atom stereocenters. The molecule has 0 amide bonds. The first-order valence-electron chi connectivity index (χ1n) is 5.63. The highest BCUT2D eigenvalue weighted by atomic mass is 32.2. The first kappa shape index (κ1) is 12.6. The van der Waals surface area contributed by atoms with E-state index in [1.165, 1.54) is 10.5 Å². The highest BCUT2D eigenvalue weighted by Gasteiger charge is 2.06. The standard InChI is InChI=1S/C14H15N3S/c1-9-5-3-4-6-12(9)18-13-8-11(14(15)16)7-10(2)17-13/h3-8H,1-2H3,(H3,15,16). The zero-order chi connectivity index (χ0) is 13.1. The number of aryl methyl sites for hydroxylation is 2. The summed E-state index contributed by atoms with van der Waals surface area (Å²) in [6.07, 6.45) is 0. The number of amidine groups is 1. The van der Waals surface area contributed by atoms with Crippen molar-refractivity contribution in [2.45, 2.75) is 23.8 Å². The van der Waals surface area contributed by atoms with E-state index in [-0.39, 0.29) is 5.84 Å². The molecule has 0 saturated heterocycles. The minimum Gasteiger partial charge on any atom is -0.384 e. The first-order valence-corrected chi connectivity index (χ1v) is 6.44. The van der Waals surface area contributed by atoms with E-state index in [2.05, 4.69) is 24.0 Å². The number of hydrogen-bond acceptors (Lipinski definition) is 3. The lowest BCUT2D eigenvalue weighted by molar-refractivity contribution is 1.06. The van der Waals surface area contributed by atoms with Gasteiger partial charge in [-0.2, -0.15) is 0 Å². The molecule has 3 N–H and O–H groups in total. The maximum Gasteiger partial charge on any atom is 0.122 e. The van der Waals surface area contributed by atoms with E-state index in [0.29, 0.717) is 0 Å². The SMILES string of the molecule is Cc1cc(C(=N)N)cc(Sc2ccccc2C)n1. The lowest BCUT2D eigenvalue weighted by Gasteiger charge is -2.07. The Balaban J connectivity index is 2.35. The Hall–Kier alpha value is -1.81. The molecule has 2 aromatic rings. The molecular weight excluding hydrogens is 242 g/mol. The third-order valence-corrected chi connectivity index (χ3v) is 3.65. The van der Waals surface area contributed by atoms with E-state index >= 15 is 0 Å². The number of nitrogens with zero attached hydrogens (tertiary/aromatic N) is 1. The van der Waals surface area contributed by atoms with Crippen molar-refractivity contribution in [3.63, 3.8) is 0 Å². The minimum absolute atomic E-state index is 0.0760. The van der Waals surface area contributed by atoms with Gasteiger partial charge in [-0.3, -0.25) is 5.41 Å². The van der Waals surface area contributed by atoms with Gasteiger partial charge in [0.2, 0.25) is 0 Å². The van der Waals surface area contributed by atoms with Crippen LogP contribution in [0.4, 0.5) is 0 Å². The van der Waals surface area contributed by atoms with Crippen molar-refractivity contribution in [2.24, 2.45) is 5.73 Å². The molecular formula is C14H15N3S. The fourth-order valence-corrected chi connectivity index (χ4v) is 2.61. The Morgan fingerprint density at radius 3 is 2.61 bits per heavy atom. The molecule has 0 fully saturated rings. The van der Waals surface area contributed by atoms with E-state index in [1.807, 2.05) is 31.2 Å². The van der Waals surface area contributed by atoms with E-state index < -0.39 is 0 Å². The number of pyridine rings is 1. The molecule has 1 aromatic carbocycles. The van der Waals surface area contributed by atoms with Crippen LogP contribution in [-0.4, -0.2) is 10.8 Å². The van der Waals surface area contributed by atoms with Crippen LogP contribution in [-0.2, 0) is 0 Å². The van der Waals surface area contributed by atoms with Crippen molar-refractivity contribution < 1.29 is 0 Å². The third-order valence-electron chi connectivity index (χ3n) is 2.55. The van der Waals surface area contributed by atoms with Crippen LogP contribution in [0.1, 0.15) is 16.8 Å². The van der Waals surface area contributed by atoms with E-state index in [1.54, 1.807) is 11.8 Å². The smallest absolute Gasteiger partial charge is 0.122 e. The maximum atomic E-state index is 7.49. The van der Waals surface area contributed by atoms with Crippen LogP contribution in [0, 0.1) is 19.3 Å². The summed E-state index contributed by atoms with van der Waals surface area (Å²) >= 11 is 1.60. The van der Waals surface area contributed by atoms with Gasteiger partial charge in [-0.05, 0) is 37.6 Å². The number of benzene rings is 1. The van der Waals surface area contributed by atoms with Crippen LogP contribution in [0.3, 0.4) is 0 Å². The van der Waals surface area contributed by atoms with Crippen LogP contribution < -0.4 is 5.73 Å². The molecule has 0 unspecified atom stereocenters. The molecule has 0 bridgehead atoms. The Morgan fingerprint density at radius 1 is 1.22 bits per heavy atom. The average Bonchev–Trinajstić information content (AvgIpc) is 2.31. The largest absolute Gasteiger partial charge is 0.384 e. The van der Waals surface area contributed by atoms with Crippen LogP contribution in [0.5, 0.6) is 0 Å². The van der Waals surface area contributed by atoms with E-state index in [9.17, 15) is 0 Å². The molecule has 0 aliphatic carbocycles. The number of rotatable bonds is 3. The zero-order valence-electron chi connectivity index (χ0n) is 10.4. The molecule has 92 valence electrons. The molecule has 0 aliphatic rings. The van der Waals surface area contributed by atoms with Gasteiger partial charge >= 0.3 is 0 Å². The molecule has 18 heavy (non-hydrogen) atoms. The maximum absolute atomic E-state index is 7.49. The summed E-state index contributed by atoms with van der Waals surface area (Å²) in [6, 6.07) is 11.8. The fraction of sp³-hybridized carbons (Fsp3) is 0.143. The highest BCUT2D eigenvalue weighted by Crippen LogP contribution is 2.29.